The number of benzene rings is 1. The highest BCUT2D eigenvalue weighted by Gasteiger charge is 2.27. The minimum Gasteiger partial charge on any atom is -0.309 e. The van der Waals surface area contributed by atoms with E-state index in [9.17, 15) is 14.0 Å². The third-order valence-electron chi connectivity index (χ3n) is 5.33. The summed E-state index contributed by atoms with van der Waals surface area (Å²) in [7, 11) is 0. The average molecular weight is 509 g/mol. The number of halogens is 2. The van der Waals surface area contributed by atoms with E-state index in [1.54, 1.807) is 42.7 Å². The van der Waals surface area contributed by atoms with Crippen LogP contribution in [0.5, 0.6) is 0 Å². The third kappa shape index (κ3) is 4.47. The Morgan fingerprint density at radius 3 is 2.79 bits per heavy atom. The van der Waals surface area contributed by atoms with E-state index >= 15 is 0 Å². The quantitative estimate of drug-likeness (QED) is 0.424. The molecule has 3 aromatic heterocycles. The lowest BCUT2D eigenvalue weighted by Gasteiger charge is -2.11. The first-order chi connectivity index (χ1) is 16.0. The van der Waals surface area contributed by atoms with Gasteiger partial charge in [-0.25, -0.2) is 9.37 Å². The Bertz CT molecular complexity index is 1410. The van der Waals surface area contributed by atoms with Crippen LogP contribution in [0.15, 0.2) is 70.3 Å². The number of nitrogens with one attached hydrogen (secondary N) is 1. The van der Waals surface area contributed by atoms with Gasteiger partial charge in [0.25, 0.3) is 11.5 Å². The Morgan fingerprint density at radius 2 is 2.00 bits per heavy atom. The molecule has 0 aliphatic heterocycles. The number of anilines is 1. The number of aromatic nitrogens is 5. The van der Waals surface area contributed by atoms with Crippen LogP contribution >= 0.6 is 15.9 Å². The molecule has 1 saturated carbocycles. The Labute approximate surface area is 196 Å². The Morgan fingerprint density at radius 1 is 1.18 bits per heavy atom. The second-order valence-electron chi connectivity index (χ2n) is 7.75. The predicted molar refractivity (Wildman–Crippen MR) is 123 cm³/mol. The average Bonchev–Trinajstić information content (AvgIpc) is 3.53. The van der Waals surface area contributed by atoms with Crippen LogP contribution in [0.25, 0.3) is 11.5 Å². The second kappa shape index (κ2) is 8.70. The van der Waals surface area contributed by atoms with Gasteiger partial charge in [-0.1, -0.05) is 24.3 Å². The van der Waals surface area contributed by atoms with Crippen molar-refractivity contribution in [3.63, 3.8) is 0 Å². The van der Waals surface area contributed by atoms with Gasteiger partial charge < -0.3 is 14.5 Å². The molecule has 0 unspecified atom stereocenters. The van der Waals surface area contributed by atoms with Gasteiger partial charge in [0.1, 0.15) is 29.2 Å². The van der Waals surface area contributed by atoms with Crippen LogP contribution in [0.4, 0.5) is 10.2 Å². The van der Waals surface area contributed by atoms with E-state index < -0.39 is 17.3 Å². The summed E-state index contributed by atoms with van der Waals surface area (Å²) in [5.74, 6) is -0.126. The van der Waals surface area contributed by atoms with Gasteiger partial charge in [-0.2, -0.15) is 0 Å². The van der Waals surface area contributed by atoms with E-state index in [-0.39, 0.29) is 17.9 Å². The zero-order valence-corrected chi connectivity index (χ0v) is 18.9. The maximum Gasteiger partial charge on any atom is 0.263 e. The van der Waals surface area contributed by atoms with Gasteiger partial charge in [0.05, 0.1) is 6.54 Å². The van der Waals surface area contributed by atoms with Crippen molar-refractivity contribution in [3.05, 3.63) is 92.8 Å². The SMILES string of the molecule is O=C(Nc1cccc(-c2nncn2C2CC2)n1)c1cc(Br)cn(Cc2ccccc2F)c1=O. The number of amides is 1. The van der Waals surface area contributed by atoms with Crippen molar-refractivity contribution in [1.29, 1.82) is 0 Å². The zero-order chi connectivity index (χ0) is 22.9. The fraction of sp³-hybridized carbons (Fsp3) is 0.174. The molecule has 33 heavy (non-hydrogen) atoms. The molecule has 8 nitrogen and oxygen atoms in total. The van der Waals surface area contributed by atoms with Crippen molar-refractivity contribution in [2.45, 2.75) is 25.4 Å². The Kier molecular flexibility index (Phi) is 5.59. The topological polar surface area (TPSA) is 94.7 Å². The largest absolute Gasteiger partial charge is 0.309 e. The fourth-order valence-electron chi connectivity index (χ4n) is 3.55. The summed E-state index contributed by atoms with van der Waals surface area (Å²) >= 11 is 3.33. The summed E-state index contributed by atoms with van der Waals surface area (Å²) in [6.45, 7) is -0.00418. The standard InChI is InChI=1S/C23H18BrFN6O2/c24-15-10-17(23(33)30(12-15)11-14-4-1-2-5-18(14)25)22(32)28-20-7-3-6-19(27-20)21-29-26-13-31(21)16-8-9-16/h1-7,10,12-13,16H,8-9,11H2,(H,27,28,32). The van der Waals surface area contributed by atoms with Crippen LogP contribution in [0, 0.1) is 5.82 Å². The van der Waals surface area contributed by atoms with Crippen LogP contribution in [-0.2, 0) is 6.54 Å². The summed E-state index contributed by atoms with van der Waals surface area (Å²) < 4.78 is 17.8. The van der Waals surface area contributed by atoms with E-state index in [2.05, 4.69) is 36.4 Å². The normalized spacial score (nSPS) is 13.2. The van der Waals surface area contributed by atoms with Gasteiger partial charge in [-0.3, -0.25) is 9.59 Å². The number of rotatable bonds is 6. The van der Waals surface area contributed by atoms with Gasteiger partial charge in [0.15, 0.2) is 5.82 Å². The van der Waals surface area contributed by atoms with Gasteiger partial charge in [0.2, 0.25) is 0 Å². The summed E-state index contributed by atoms with van der Waals surface area (Å²) in [4.78, 5) is 30.4. The van der Waals surface area contributed by atoms with Crippen LogP contribution in [0.3, 0.4) is 0 Å². The summed E-state index contributed by atoms with van der Waals surface area (Å²) in [5, 5.41) is 10.8. The summed E-state index contributed by atoms with van der Waals surface area (Å²) in [6, 6.07) is 13.2. The highest BCUT2D eigenvalue weighted by molar-refractivity contribution is 9.10. The minimum absolute atomic E-state index is 0.00418. The van der Waals surface area contributed by atoms with Crippen LogP contribution in [-0.4, -0.2) is 30.2 Å². The molecule has 0 radical (unpaired) electrons. The highest BCUT2D eigenvalue weighted by Crippen LogP contribution is 2.37. The number of carbonyl (C=O) groups excluding carboxylic acids is 1. The monoisotopic (exact) mass is 508 g/mol. The van der Waals surface area contributed by atoms with E-state index in [1.165, 1.54) is 22.9 Å². The van der Waals surface area contributed by atoms with Crippen molar-refractivity contribution >= 4 is 27.7 Å². The molecule has 1 aliphatic rings. The molecule has 1 amide bonds. The molecule has 0 bridgehead atoms. The molecule has 0 spiro atoms. The molecule has 10 heteroatoms. The molecule has 0 atom stereocenters. The van der Waals surface area contributed by atoms with Crippen LogP contribution < -0.4 is 10.9 Å². The van der Waals surface area contributed by atoms with Crippen LogP contribution in [0.2, 0.25) is 0 Å². The molecule has 4 aromatic rings. The molecule has 3 heterocycles. The van der Waals surface area contributed by atoms with Crippen molar-refractivity contribution in [3.8, 4) is 11.5 Å². The van der Waals surface area contributed by atoms with E-state index in [1.807, 2.05) is 4.57 Å². The first-order valence-electron chi connectivity index (χ1n) is 10.3. The van der Waals surface area contributed by atoms with Crippen molar-refractivity contribution < 1.29 is 9.18 Å². The maximum atomic E-state index is 14.1. The van der Waals surface area contributed by atoms with E-state index in [0.717, 1.165) is 12.8 Å². The lowest BCUT2D eigenvalue weighted by Crippen LogP contribution is -2.29. The molecule has 1 aliphatic carbocycles. The molecule has 166 valence electrons. The minimum atomic E-state index is -0.614. The smallest absolute Gasteiger partial charge is 0.263 e. The molecule has 0 saturated heterocycles. The van der Waals surface area contributed by atoms with Crippen molar-refractivity contribution in [2.24, 2.45) is 0 Å². The summed E-state index contributed by atoms with van der Waals surface area (Å²) in [6.07, 6.45) is 5.35. The van der Waals surface area contributed by atoms with Gasteiger partial charge in [-0.15, -0.1) is 10.2 Å². The number of carbonyl (C=O) groups is 1. The molecule has 1 N–H and O–H groups in total. The number of pyridine rings is 2. The third-order valence-corrected chi connectivity index (χ3v) is 5.76. The Hall–Kier alpha value is -3.66. The lowest BCUT2D eigenvalue weighted by atomic mass is 10.2. The second-order valence-corrected chi connectivity index (χ2v) is 8.67. The van der Waals surface area contributed by atoms with Crippen LogP contribution in [0.1, 0.15) is 34.8 Å². The molecular weight excluding hydrogens is 491 g/mol. The zero-order valence-electron chi connectivity index (χ0n) is 17.3. The van der Waals surface area contributed by atoms with E-state index in [4.69, 9.17) is 0 Å². The molecule has 1 fully saturated rings. The van der Waals surface area contributed by atoms with Crippen molar-refractivity contribution in [2.75, 3.05) is 5.32 Å². The number of hydrogen-bond donors (Lipinski definition) is 1. The van der Waals surface area contributed by atoms with Gasteiger partial charge >= 0.3 is 0 Å². The summed E-state index contributed by atoms with van der Waals surface area (Å²) in [5.41, 5.74) is 0.291. The maximum absolute atomic E-state index is 14.1. The predicted octanol–water partition coefficient (Wildman–Crippen LogP) is 4.04. The first kappa shape index (κ1) is 21.2. The number of nitrogens with zero attached hydrogens (tertiary/aromatic N) is 5. The first-order valence-corrected chi connectivity index (χ1v) is 11.1. The Balaban J connectivity index is 1.41. The highest BCUT2D eigenvalue weighted by atomic mass is 79.9. The van der Waals surface area contributed by atoms with Crippen molar-refractivity contribution in [1.82, 2.24) is 24.3 Å². The lowest BCUT2D eigenvalue weighted by molar-refractivity contribution is 0.102. The fourth-order valence-corrected chi connectivity index (χ4v) is 4.02. The molecule has 5 rings (SSSR count). The molecule has 1 aromatic carbocycles. The van der Waals surface area contributed by atoms with Gasteiger partial charge in [-0.05, 0) is 53.0 Å². The number of hydrogen-bond acceptors (Lipinski definition) is 5. The molecular formula is C23H18BrFN6O2. The van der Waals surface area contributed by atoms with E-state index in [0.29, 0.717) is 27.6 Å². The van der Waals surface area contributed by atoms with Gasteiger partial charge in [0, 0.05) is 22.3 Å².